The third-order valence-corrected chi connectivity index (χ3v) is 4.83. The van der Waals surface area contributed by atoms with Gasteiger partial charge in [-0.15, -0.1) is 0 Å². The first-order valence-electron chi connectivity index (χ1n) is 8.63. The maximum absolute atomic E-state index is 11.9. The Morgan fingerprint density at radius 2 is 2.00 bits per heavy atom. The molecule has 3 rings (SSSR count). The van der Waals surface area contributed by atoms with E-state index in [0.29, 0.717) is 6.42 Å². The van der Waals surface area contributed by atoms with Crippen molar-refractivity contribution in [2.45, 2.75) is 51.5 Å². The normalized spacial score (nSPS) is 15.5. The summed E-state index contributed by atoms with van der Waals surface area (Å²) >= 11 is 0. The van der Waals surface area contributed by atoms with Crippen molar-refractivity contribution in [2.24, 2.45) is 5.92 Å². The standard InChI is InChI=1S/C19H26N2O/c22-19(11-10-16-6-1-2-7-16)20-13-5-14-21-15-12-17-8-3-4-9-18(17)21/h3-4,8-9,12,15-16H,1-2,5-7,10-11,13-14H2,(H,20,22). The van der Waals surface area contributed by atoms with E-state index in [9.17, 15) is 4.79 Å². The molecule has 1 aliphatic rings. The number of benzene rings is 1. The van der Waals surface area contributed by atoms with Crippen molar-refractivity contribution in [1.29, 1.82) is 0 Å². The molecule has 0 saturated heterocycles. The molecule has 1 N–H and O–H groups in total. The van der Waals surface area contributed by atoms with Crippen molar-refractivity contribution in [2.75, 3.05) is 6.54 Å². The van der Waals surface area contributed by atoms with E-state index in [0.717, 1.165) is 31.8 Å². The minimum atomic E-state index is 0.226. The number of aryl methyl sites for hydroxylation is 1. The van der Waals surface area contributed by atoms with E-state index < -0.39 is 0 Å². The molecule has 22 heavy (non-hydrogen) atoms. The second kappa shape index (κ2) is 7.48. The van der Waals surface area contributed by atoms with Crippen LogP contribution in [0.5, 0.6) is 0 Å². The van der Waals surface area contributed by atoms with Crippen LogP contribution in [0.4, 0.5) is 0 Å². The number of amides is 1. The van der Waals surface area contributed by atoms with Crippen LogP contribution in [0.3, 0.4) is 0 Å². The molecule has 0 aliphatic heterocycles. The first kappa shape index (κ1) is 15.1. The quantitative estimate of drug-likeness (QED) is 0.767. The molecule has 0 spiro atoms. The number of fused-ring (bicyclic) bond motifs is 1. The Morgan fingerprint density at radius 3 is 2.86 bits per heavy atom. The molecule has 1 aromatic heterocycles. The number of nitrogens with zero attached hydrogens (tertiary/aromatic N) is 1. The van der Waals surface area contributed by atoms with Gasteiger partial charge in [-0.05, 0) is 36.3 Å². The second-order valence-electron chi connectivity index (χ2n) is 6.46. The lowest BCUT2D eigenvalue weighted by Gasteiger charge is -2.10. The van der Waals surface area contributed by atoms with E-state index in [1.54, 1.807) is 0 Å². The fourth-order valence-corrected chi connectivity index (χ4v) is 3.54. The Kier molecular flexibility index (Phi) is 5.15. The summed E-state index contributed by atoms with van der Waals surface area (Å²) in [5.41, 5.74) is 1.27. The van der Waals surface area contributed by atoms with Gasteiger partial charge in [-0.1, -0.05) is 43.9 Å². The van der Waals surface area contributed by atoms with Gasteiger partial charge in [0.25, 0.3) is 0 Å². The van der Waals surface area contributed by atoms with Gasteiger partial charge >= 0.3 is 0 Å². The Bertz CT molecular complexity index is 611. The van der Waals surface area contributed by atoms with E-state index in [-0.39, 0.29) is 5.91 Å². The third kappa shape index (κ3) is 3.90. The molecule has 3 nitrogen and oxygen atoms in total. The number of nitrogens with one attached hydrogen (secondary N) is 1. The number of carbonyl (C=O) groups is 1. The average molecular weight is 298 g/mol. The highest BCUT2D eigenvalue weighted by Crippen LogP contribution is 2.28. The first-order chi connectivity index (χ1) is 10.8. The van der Waals surface area contributed by atoms with Crippen LogP contribution in [0.1, 0.15) is 44.9 Å². The van der Waals surface area contributed by atoms with Crippen LogP contribution in [0, 0.1) is 5.92 Å². The smallest absolute Gasteiger partial charge is 0.220 e. The summed E-state index contributed by atoms with van der Waals surface area (Å²) in [6, 6.07) is 10.6. The Morgan fingerprint density at radius 1 is 1.18 bits per heavy atom. The molecule has 0 bridgehead atoms. The third-order valence-electron chi connectivity index (χ3n) is 4.83. The highest BCUT2D eigenvalue weighted by atomic mass is 16.1. The Hall–Kier alpha value is -1.77. The van der Waals surface area contributed by atoms with Crippen molar-refractivity contribution < 1.29 is 4.79 Å². The zero-order valence-electron chi connectivity index (χ0n) is 13.3. The van der Waals surface area contributed by atoms with Gasteiger partial charge in [0.15, 0.2) is 0 Å². The molecule has 3 heteroatoms. The van der Waals surface area contributed by atoms with Crippen LogP contribution in [0.25, 0.3) is 10.9 Å². The number of hydrogen-bond acceptors (Lipinski definition) is 1. The fourth-order valence-electron chi connectivity index (χ4n) is 3.54. The van der Waals surface area contributed by atoms with Gasteiger partial charge in [0, 0.05) is 31.2 Å². The molecule has 0 radical (unpaired) electrons. The molecule has 2 aromatic rings. The Labute approximate surface area is 132 Å². The lowest BCUT2D eigenvalue weighted by molar-refractivity contribution is -0.121. The molecule has 1 amide bonds. The topological polar surface area (TPSA) is 34.0 Å². The molecule has 1 aromatic carbocycles. The molecular formula is C19H26N2O. The molecule has 1 heterocycles. The Balaban J connectivity index is 1.35. The van der Waals surface area contributed by atoms with E-state index in [2.05, 4.69) is 46.4 Å². The van der Waals surface area contributed by atoms with Crippen LogP contribution >= 0.6 is 0 Å². The van der Waals surface area contributed by atoms with Crippen molar-refractivity contribution in [1.82, 2.24) is 9.88 Å². The summed E-state index contributed by atoms with van der Waals surface area (Å²) in [7, 11) is 0. The zero-order valence-corrected chi connectivity index (χ0v) is 13.3. The van der Waals surface area contributed by atoms with Gasteiger partial charge in [0.2, 0.25) is 5.91 Å². The lowest BCUT2D eigenvalue weighted by Crippen LogP contribution is -2.25. The van der Waals surface area contributed by atoms with Crippen LogP contribution in [0.2, 0.25) is 0 Å². The van der Waals surface area contributed by atoms with Gasteiger partial charge in [0.05, 0.1) is 0 Å². The summed E-state index contributed by atoms with van der Waals surface area (Å²) in [6.07, 6.45) is 10.3. The highest BCUT2D eigenvalue weighted by molar-refractivity contribution is 5.79. The van der Waals surface area contributed by atoms with Gasteiger partial charge in [-0.3, -0.25) is 4.79 Å². The highest BCUT2D eigenvalue weighted by Gasteiger charge is 2.15. The number of carbonyl (C=O) groups excluding carboxylic acids is 1. The van der Waals surface area contributed by atoms with Gasteiger partial charge in [-0.2, -0.15) is 0 Å². The molecule has 1 aliphatic carbocycles. The minimum absolute atomic E-state index is 0.226. The first-order valence-corrected chi connectivity index (χ1v) is 8.63. The number of rotatable bonds is 7. The summed E-state index contributed by atoms with van der Waals surface area (Å²) in [5, 5.41) is 4.35. The zero-order chi connectivity index (χ0) is 15.2. The van der Waals surface area contributed by atoms with Crippen LogP contribution in [-0.4, -0.2) is 17.0 Å². The predicted molar refractivity (Wildman–Crippen MR) is 90.8 cm³/mol. The van der Waals surface area contributed by atoms with Crippen LogP contribution < -0.4 is 5.32 Å². The maximum Gasteiger partial charge on any atom is 0.220 e. The minimum Gasteiger partial charge on any atom is -0.356 e. The number of hydrogen-bond donors (Lipinski definition) is 1. The molecule has 0 unspecified atom stereocenters. The molecule has 118 valence electrons. The summed E-state index contributed by atoms with van der Waals surface area (Å²) in [4.78, 5) is 11.9. The summed E-state index contributed by atoms with van der Waals surface area (Å²) in [6.45, 7) is 1.73. The van der Waals surface area contributed by atoms with Gasteiger partial charge in [0.1, 0.15) is 0 Å². The monoisotopic (exact) mass is 298 g/mol. The maximum atomic E-state index is 11.9. The number of aromatic nitrogens is 1. The van der Waals surface area contributed by atoms with Crippen molar-refractivity contribution in [3.63, 3.8) is 0 Å². The van der Waals surface area contributed by atoms with E-state index in [4.69, 9.17) is 0 Å². The largest absolute Gasteiger partial charge is 0.356 e. The van der Waals surface area contributed by atoms with E-state index in [1.165, 1.54) is 36.6 Å². The average Bonchev–Trinajstić information content (AvgIpc) is 3.19. The van der Waals surface area contributed by atoms with Crippen LogP contribution in [0.15, 0.2) is 36.5 Å². The van der Waals surface area contributed by atoms with Gasteiger partial charge in [-0.25, -0.2) is 0 Å². The summed E-state index contributed by atoms with van der Waals surface area (Å²) < 4.78 is 2.26. The summed E-state index contributed by atoms with van der Waals surface area (Å²) in [5.74, 6) is 1.03. The molecular weight excluding hydrogens is 272 g/mol. The van der Waals surface area contributed by atoms with Crippen molar-refractivity contribution in [3.8, 4) is 0 Å². The predicted octanol–water partition coefficient (Wildman–Crippen LogP) is 4.12. The van der Waals surface area contributed by atoms with E-state index >= 15 is 0 Å². The van der Waals surface area contributed by atoms with Crippen molar-refractivity contribution >= 4 is 16.8 Å². The molecule has 0 atom stereocenters. The number of para-hydroxylation sites is 1. The SMILES string of the molecule is O=C(CCC1CCCC1)NCCCn1ccc2ccccc21. The van der Waals surface area contributed by atoms with Gasteiger partial charge < -0.3 is 9.88 Å². The molecule has 1 saturated carbocycles. The molecule has 1 fully saturated rings. The van der Waals surface area contributed by atoms with Crippen molar-refractivity contribution in [3.05, 3.63) is 36.5 Å². The lowest BCUT2D eigenvalue weighted by atomic mass is 10.0. The fraction of sp³-hybridized carbons (Fsp3) is 0.526. The second-order valence-corrected chi connectivity index (χ2v) is 6.46. The van der Waals surface area contributed by atoms with Crippen LogP contribution in [-0.2, 0) is 11.3 Å². The van der Waals surface area contributed by atoms with E-state index in [1.807, 2.05) is 0 Å².